The van der Waals surface area contributed by atoms with Gasteiger partial charge >= 0.3 is 0 Å². The van der Waals surface area contributed by atoms with Gasteiger partial charge in [-0.3, -0.25) is 4.79 Å². The number of nitrogens with zero attached hydrogens (tertiary/aromatic N) is 1. The van der Waals surface area contributed by atoms with Crippen LogP contribution in [0.2, 0.25) is 5.02 Å². The number of hydrogen-bond acceptors (Lipinski definition) is 2. The van der Waals surface area contributed by atoms with Crippen LogP contribution in [-0.4, -0.2) is 23.9 Å². The summed E-state index contributed by atoms with van der Waals surface area (Å²) in [4.78, 5) is 14.0. The topological polar surface area (TPSA) is 46.3 Å². The Balaban J connectivity index is 3.05. The molecule has 0 aromatic heterocycles. The molecule has 0 radical (unpaired) electrons. The van der Waals surface area contributed by atoms with Crippen LogP contribution < -0.4 is 5.73 Å². The average Bonchev–Trinajstić information content (AvgIpc) is 2.26. The van der Waals surface area contributed by atoms with Gasteiger partial charge in [0.2, 0.25) is 0 Å². The molecule has 0 fully saturated rings. The molecule has 1 rings (SSSR count). The second kappa shape index (κ2) is 5.41. The zero-order valence-electron chi connectivity index (χ0n) is 10.7. The fourth-order valence-corrected chi connectivity index (χ4v) is 1.84. The maximum absolute atomic E-state index is 12.3. The first-order valence-corrected chi connectivity index (χ1v) is 6.05. The van der Waals surface area contributed by atoms with Crippen molar-refractivity contribution >= 4 is 23.2 Å². The van der Waals surface area contributed by atoms with E-state index in [0.29, 0.717) is 22.2 Å². The lowest BCUT2D eigenvalue weighted by molar-refractivity contribution is 0.0708. The first-order chi connectivity index (χ1) is 7.86. The van der Waals surface area contributed by atoms with Crippen molar-refractivity contribution in [3.8, 4) is 0 Å². The van der Waals surface area contributed by atoms with Gasteiger partial charge in [-0.2, -0.15) is 0 Å². The number of hydrogen-bond donors (Lipinski definition) is 1. The van der Waals surface area contributed by atoms with Crippen molar-refractivity contribution in [3.63, 3.8) is 0 Å². The zero-order chi connectivity index (χ0) is 13.2. The maximum atomic E-state index is 12.3. The molecule has 0 bridgehead atoms. The van der Waals surface area contributed by atoms with E-state index in [2.05, 4.69) is 13.8 Å². The number of nitrogen functional groups attached to an aromatic ring is 1. The van der Waals surface area contributed by atoms with Gasteiger partial charge in [-0.1, -0.05) is 31.5 Å². The van der Waals surface area contributed by atoms with Crippen LogP contribution in [0.15, 0.2) is 18.2 Å². The van der Waals surface area contributed by atoms with Crippen molar-refractivity contribution in [1.29, 1.82) is 0 Å². The summed E-state index contributed by atoms with van der Waals surface area (Å²) in [5.74, 6) is 0.252. The number of halogens is 1. The summed E-state index contributed by atoms with van der Waals surface area (Å²) in [7, 11) is 1.77. The second-order valence-electron chi connectivity index (χ2n) is 4.60. The molecular weight excluding hydrogens is 236 g/mol. The molecule has 1 aromatic rings. The predicted octanol–water partition coefficient (Wildman–Crippen LogP) is 3.04. The number of carbonyl (C=O) groups excluding carboxylic acids is 1. The van der Waals surface area contributed by atoms with Crippen LogP contribution in [0.1, 0.15) is 31.1 Å². The van der Waals surface area contributed by atoms with Crippen molar-refractivity contribution in [1.82, 2.24) is 4.90 Å². The molecule has 0 aliphatic heterocycles. The Kier molecular flexibility index (Phi) is 4.40. The fourth-order valence-electron chi connectivity index (χ4n) is 1.57. The van der Waals surface area contributed by atoms with Crippen molar-refractivity contribution in [2.24, 2.45) is 5.92 Å². The Bertz CT molecular complexity index is 398. The number of rotatable bonds is 3. The SMILES string of the molecule is CC(C)C(C)N(C)C(=O)c1c(N)cccc1Cl. The number of nitrogens with two attached hydrogens (primary N) is 1. The van der Waals surface area contributed by atoms with E-state index in [1.165, 1.54) is 0 Å². The molecule has 1 unspecified atom stereocenters. The third-order valence-electron chi connectivity index (χ3n) is 3.16. The minimum Gasteiger partial charge on any atom is -0.398 e. The van der Waals surface area contributed by atoms with Gasteiger partial charge in [0.25, 0.3) is 5.91 Å². The third kappa shape index (κ3) is 2.91. The molecule has 0 spiro atoms. The van der Waals surface area contributed by atoms with Gasteiger partial charge in [0.1, 0.15) is 0 Å². The van der Waals surface area contributed by atoms with Crippen molar-refractivity contribution < 1.29 is 4.79 Å². The normalized spacial score (nSPS) is 12.6. The number of benzene rings is 1. The van der Waals surface area contributed by atoms with Crippen molar-refractivity contribution in [2.75, 3.05) is 12.8 Å². The molecule has 0 aliphatic rings. The Labute approximate surface area is 108 Å². The number of amides is 1. The van der Waals surface area contributed by atoms with Crippen molar-refractivity contribution in [2.45, 2.75) is 26.8 Å². The maximum Gasteiger partial charge on any atom is 0.257 e. The summed E-state index contributed by atoms with van der Waals surface area (Å²) >= 11 is 6.03. The van der Waals surface area contributed by atoms with E-state index < -0.39 is 0 Å². The molecule has 1 atom stereocenters. The lowest BCUT2D eigenvalue weighted by atomic mass is 10.0. The molecule has 0 heterocycles. The van der Waals surface area contributed by atoms with E-state index in [1.54, 1.807) is 30.1 Å². The van der Waals surface area contributed by atoms with Crippen LogP contribution in [0.3, 0.4) is 0 Å². The smallest absolute Gasteiger partial charge is 0.257 e. The molecule has 0 saturated heterocycles. The summed E-state index contributed by atoms with van der Waals surface area (Å²) < 4.78 is 0. The van der Waals surface area contributed by atoms with Gasteiger partial charge in [-0.05, 0) is 25.0 Å². The van der Waals surface area contributed by atoms with Crippen LogP contribution in [0, 0.1) is 5.92 Å². The summed E-state index contributed by atoms with van der Waals surface area (Å²) in [6, 6.07) is 5.24. The Morgan fingerprint density at radius 1 is 1.35 bits per heavy atom. The monoisotopic (exact) mass is 254 g/mol. The summed E-state index contributed by atoms with van der Waals surface area (Å²) in [5, 5.41) is 0.401. The van der Waals surface area contributed by atoms with Gasteiger partial charge in [0, 0.05) is 18.8 Å². The molecule has 0 aliphatic carbocycles. The van der Waals surface area contributed by atoms with Crippen LogP contribution in [-0.2, 0) is 0 Å². The quantitative estimate of drug-likeness (QED) is 0.843. The number of carbonyl (C=O) groups is 1. The molecule has 2 N–H and O–H groups in total. The molecule has 1 aromatic carbocycles. The van der Waals surface area contributed by atoms with Gasteiger partial charge in [0.05, 0.1) is 10.6 Å². The first kappa shape index (κ1) is 13.8. The summed E-state index contributed by atoms with van der Waals surface area (Å²) in [5.41, 5.74) is 6.62. The van der Waals surface area contributed by atoms with E-state index in [-0.39, 0.29) is 11.9 Å². The minimum absolute atomic E-state index is 0.130. The third-order valence-corrected chi connectivity index (χ3v) is 3.47. The van der Waals surface area contributed by atoms with E-state index >= 15 is 0 Å². The van der Waals surface area contributed by atoms with E-state index in [1.807, 2.05) is 6.92 Å². The van der Waals surface area contributed by atoms with Crippen LogP contribution in [0.5, 0.6) is 0 Å². The molecule has 17 heavy (non-hydrogen) atoms. The second-order valence-corrected chi connectivity index (χ2v) is 5.01. The molecular formula is C13H19ClN2O. The van der Waals surface area contributed by atoms with Crippen LogP contribution in [0.4, 0.5) is 5.69 Å². The van der Waals surface area contributed by atoms with Crippen molar-refractivity contribution in [3.05, 3.63) is 28.8 Å². The predicted molar refractivity (Wildman–Crippen MR) is 72.3 cm³/mol. The van der Waals surface area contributed by atoms with E-state index in [4.69, 9.17) is 17.3 Å². The largest absolute Gasteiger partial charge is 0.398 e. The minimum atomic E-state index is -0.130. The Hall–Kier alpha value is -1.22. The lowest BCUT2D eigenvalue weighted by Gasteiger charge is -2.28. The van der Waals surface area contributed by atoms with Gasteiger partial charge in [-0.25, -0.2) is 0 Å². The zero-order valence-corrected chi connectivity index (χ0v) is 11.5. The van der Waals surface area contributed by atoms with E-state index in [0.717, 1.165) is 0 Å². The summed E-state index contributed by atoms with van der Waals surface area (Å²) in [6.07, 6.45) is 0. The van der Waals surface area contributed by atoms with Gasteiger partial charge in [-0.15, -0.1) is 0 Å². The molecule has 4 heteroatoms. The highest BCUT2D eigenvalue weighted by atomic mass is 35.5. The number of anilines is 1. The van der Waals surface area contributed by atoms with E-state index in [9.17, 15) is 4.79 Å². The Morgan fingerprint density at radius 2 is 1.94 bits per heavy atom. The van der Waals surface area contributed by atoms with Crippen LogP contribution in [0.25, 0.3) is 0 Å². The lowest BCUT2D eigenvalue weighted by Crippen LogP contribution is -2.38. The molecule has 94 valence electrons. The molecule has 3 nitrogen and oxygen atoms in total. The highest BCUT2D eigenvalue weighted by Crippen LogP contribution is 2.24. The fraction of sp³-hybridized carbons (Fsp3) is 0.462. The molecule has 1 amide bonds. The highest BCUT2D eigenvalue weighted by Gasteiger charge is 2.23. The van der Waals surface area contributed by atoms with Gasteiger partial charge < -0.3 is 10.6 Å². The summed E-state index contributed by atoms with van der Waals surface area (Å²) in [6.45, 7) is 6.16. The average molecular weight is 255 g/mol. The first-order valence-electron chi connectivity index (χ1n) is 5.67. The highest BCUT2D eigenvalue weighted by molar-refractivity contribution is 6.34. The Morgan fingerprint density at radius 3 is 2.41 bits per heavy atom. The molecule has 0 saturated carbocycles. The van der Waals surface area contributed by atoms with Crippen LogP contribution >= 0.6 is 11.6 Å². The standard InChI is InChI=1S/C13H19ClN2O/c1-8(2)9(3)16(4)13(17)12-10(14)6-5-7-11(12)15/h5-9H,15H2,1-4H3. The van der Waals surface area contributed by atoms with Gasteiger partial charge in [0.15, 0.2) is 0 Å².